The number of nitrogens with zero attached hydrogens (tertiary/aromatic N) is 5. The molecule has 1 aliphatic heterocycles. The number of carbonyl (C=O) groups excluding carboxylic acids is 1. The molecule has 3 heterocycles. The number of primary amides is 1. The van der Waals surface area contributed by atoms with Crippen LogP contribution in [0.4, 0.5) is 23.0 Å². The summed E-state index contributed by atoms with van der Waals surface area (Å²) in [7, 11) is 1.91. The van der Waals surface area contributed by atoms with Gasteiger partial charge in [0.1, 0.15) is 5.69 Å². The van der Waals surface area contributed by atoms with Crippen molar-refractivity contribution in [1.82, 2.24) is 19.5 Å². The summed E-state index contributed by atoms with van der Waals surface area (Å²) in [4.78, 5) is 28.5. The summed E-state index contributed by atoms with van der Waals surface area (Å²) in [6.07, 6.45) is 7.22. The number of terminal acetylenes is 1. The number of morpholine rings is 1. The summed E-state index contributed by atoms with van der Waals surface area (Å²) in [6, 6.07) is 13.6. The molecule has 0 aliphatic carbocycles. The van der Waals surface area contributed by atoms with E-state index in [0.29, 0.717) is 30.3 Å². The number of ether oxygens (including phenoxy) is 1. The third-order valence-corrected chi connectivity index (χ3v) is 6.00. The monoisotopic (exact) mass is 482 g/mol. The highest BCUT2D eigenvalue weighted by atomic mass is 16.5. The largest absolute Gasteiger partial charge is 0.378 e. The van der Waals surface area contributed by atoms with Crippen LogP contribution < -0.4 is 21.3 Å². The molecule has 10 heteroatoms. The maximum absolute atomic E-state index is 12.4. The smallest absolute Gasteiger partial charge is 0.271 e. The number of aryl methyl sites for hydroxylation is 1. The minimum absolute atomic E-state index is 0.0152. The number of hydrogen-bond donors (Lipinski definition) is 3. The van der Waals surface area contributed by atoms with E-state index in [1.54, 1.807) is 6.33 Å². The second-order valence-corrected chi connectivity index (χ2v) is 8.34. The Morgan fingerprint density at radius 1 is 1.14 bits per heavy atom. The summed E-state index contributed by atoms with van der Waals surface area (Å²) in [5, 5.41) is 6.31. The minimum atomic E-state index is -0.701. The molecule has 0 unspecified atom stereocenters. The Morgan fingerprint density at radius 3 is 2.64 bits per heavy atom. The van der Waals surface area contributed by atoms with E-state index in [1.165, 1.54) is 0 Å². The zero-order valence-corrected chi connectivity index (χ0v) is 19.9. The molecular formula is C26H26N8O2. The molecule has 0 atom stereocenters. The molecule has 1 amide bonds. The van der Waals surface area contributed by atoms with Gasteiger partial charge in [-0.1, -0.05) is 18.1 Å². The molecule has 182 valence electrons. The van der Waals surface area contributed by atoms with Crippen molar-refractivity contribution in [3.05, 3.63) is 54.5 Å². The van der Waals surface area contributed by atoms with Crippen LogP contribution >= 0.6 is 0 Å². The zero-order chi connectivity index (χ0) is 25.1. The maximum atomic E-state index is 12.4. The molecule has 2 aromatic carbocycles. The minimum Gasteiger partial charge on any atom is -0.378 e. The summed E-state index contributed by atoms with van der Waals surface area (Å²) in [5.41, 5.74) is 10.4. The van der Waals surface area contributed by atoms with Crippen molar-refractivity contribution in [2.24, 2.45) is 12.8 Å². The van der Waals surface area contributed by atoms with Gasteiger partial charge >= 0.3 is 0 Å². The maximum Gasteiger partial charge on any atom is 0.271 e. The lowest BCUT2D eigenvalue weighted by Gasteiger charge is -2.29. The van der Waals surface area contributed by atoms with Gasteiger partial charge in [-0.3, -0.25) is 4.79 Å². The van der Waals surface area contributed by atoms with Gasteiger partial charge in [0.25, 0.3) is 5.91 Å². The Kier molecular flexibility index (Phi) is 6.38. The third-order valence-electron chi connectivity index (χ3n) is 6.00. The van der Waals surface area contributed by atoms with E-state index in [9.17, 15) is 4.79 Å². The molecule has 0 radical (unpaired) electrons. The van der Waals surface area contributed by atoms with Gasteiger partial charge in [0, 0.05) is 37.1 Å². The predicted molar refractivity (Wildman–Crippen MR) is 140 cm³/mol. The van der Waals surface area contributed by atoms with E-state index in [1.807, 2.05) is 54.1 Å². The van der Waals surface area contributed by atoms with Gasteiger partial charge in [0.05, 0.1) is 37.1 Å². The highest BCUT2D eigenvalue weighted by Crippen LogP contribution is 2.33. The average Bonchev–Trinajstić information content (AvgIpc) is 3.29. The van der Waals surface area contributed by atoms with E-state index in [0.717, 1.165) is 35.5 Å². The lowest BCUT2D eigenvalue weighted by Crippen LogP contribution is -2.36. The van der Waals surface area contributed by atoms with Crippen molar-refractivity contribution in [3.8, 4) is 23.6 Å². The molecule has 2 aromatic heterocycles. The molecular weight excluding hydrogens is 456 g/mol. The molecule has 0 bridgehead atoms. The number of para-hydroxylation sites is 1. The van der Waals surface area contributed by atoms with Crippen LogP contribution in [-0.2, 0) is 11.8 Å². The van der Waals surface area contributed by atoms with Crippen molar-refractivity contribution >= 4 is 40.0 Å². The molecule has 36 heavy (non-hydrogen) atoms. The number of nitrogens with one attached hydrogen (secondary N) is 2. The van der Waals surface area contributed by atoms with Crippen molar-refractivity contribution in [3.63, 3.8) is 0 Å². The topological polar surface area (TPSA) is 123 Å². The van der Waals surface area contributed by atoms with Crippen LogP contribution in [0.2, 0.25) is 0 Å². The van der Waals surface area contributed by atoms with Gasteiger partial charge in [0.2, 0.25) is 0 Å². The number of aromatic nitrogens is 4. The Hall–Kier alpha value is -4.62. The quantitative estimate of drug-likeness (QED) is 0.344. The lowest BCUT2D eigenvalue weighted by molar-refractivity contribution is 0.0996. The van der Waals surface area contributed by atoms with Crippen molar-refractivity contribution in [2.75, 3.05) is 48.4 Å². The van der Waals surface area contributed by atoms with Crippen LogP contribution in [0, 0.1) is 12.3 Å². The molecule has 4 aromatic rings. The fourth-order valence-corrected chi connectivity index (χ4v) is 4.20. The molecule has 1 aliphatic rings. The van der Waals surface area contributed by atoms with Crippen molar-refractivity contribution < 1.29 is 9.53 Å². The summed E-state index contributed by atoms with van der Waals surface area (Å²) in [5.74, 6) is 2.51. The number of nitrogens with two attached hydrogens (primary N) is 1. The number of carbonyl (C=O) groups is 1. The Morgan fingerprint density at radius 2 is 1.92 bits per heavy atom. The number of benzene rings is 2. The normalized spacial score (nSPS) is 13.4. The first-order valence-corrected chi connectivity index (χ1v) is 11.5. The number of rotatable bonds is 7. The highest BCUT2D eigenvalue weighted by molar-refractivity contribution is 6.00. The van der Waals surface area contributed by atoms with Gasteiger partial charge in [-0.15, -0.1) is 6.42 Å². The Labute approximate surface area is 208 Å². The number of imidazole rings is 1. The average molecular weight is 483 g/mol. The first-order chi connectivity index (χ1) is 17.5. The third kappa shape index (κ3) is 4.52. The standard InChI is InChI=1S/C26H26N8O2/c1-3-11-28-25-22(19-5-4-6-20-21(19)29-16-33(20)2)31-23(24(27)35)26(32-25)30-17-7-9-18(10-8-17)34-12-14-36-15-13-34/h1,4-10,16H,11-15H2,2H3,(H2,27,35)(H2,28,30,32). The van der Waals surface area contributed by atoms with Gasteiger partial charge in [0.15, 0.2) is 17.3 Å². The van der Waals surface area contributed by atoms with Crippen molar-refractivity contribution in [1.29, 1.82) is 0 Å². The molecule has 0 spiro atoms. The van der Waals surface area contributed by atoms with Crippen LogP contribution in [0.15, 0.2) is 48.8 Å². The van der Waals surface area contributed by atoms with Gasteiger partial charge in [-0.05, 0) is 30.3 Å². The Bertz CT molecular complexity index is 1450. The first kappa shape index (κ1) is 23.1. The van der Waals surface area contributed by atoms with Crippen LogP contribution in [-0.4, -0.2) is 58.3 Å². The van der Waals surface area contributed by atoms with E-state index in [-0.39, 0.29) is 18.1 Å². The van der Waals surface area contributed by atoms with Crippen LogP contribution in [0.1, 0.15) is 10.5 Å². The van der Waals surface area contributed by atoms with Gasteiger partial charge < -0.3 is 30.6 Å². The summed E-state index contributed by atoms with van der Waals surface area (Å²) in [6.45, 7) is 3.34. The number of fused-ring (bicyclic) bond motifs is 1. The summed E-state index contributed by atoms with van der Waals surface area (Å²) >= 11 is 0. The fraction of sp³-hybridized carbons (Fsp3) is 0.231. The molecule has 1 fully saturated rings. The molecule has 10 nitrogen and oxygen atoms in total. The van der Waals surface area contributed by atoms with Crippen LogP contribution in [0.3, 0.4) is 0 Å². The molecule has 4 N–H and O–H groups in total. The van der Waals surface area contributed by atoms with Gasteiger partial charge in [-0.25, -0.2) is 15.0 Å². The number of amides is 1. The Balaban J connectivity index is 1.54. The second-order valence-electron chi connectivity index (χ2n) is 8.34. The summed E-state index contributed by atoms with van der Waals surface area (Å²) < 4.78 is 7.34. The number of anilines is 4. The molecule has 0 saturated carbocycles. The van der Waals surface area contributed by atoms with Crippen LogP contribution in [0.25, 0.3) is 22.3 Å². The molecule has 1 saturated heterocycles. The first-order valence-electron chi connectivity index (χ1n) is 11.5. The zero-order valence-electron chi connectivity index (χ0n) is 19.9. The highest BCUT2D eigenvalue weighted by Gasteiger charge is 2.21. The number of hydrogen-bond acceptors (Lipinski definition) is 8. The van der Waals surface area contributed by atoms with E-state index >= 15 is 0 Å². The van der Waals surface area contributed by atoms with Crippen LogP contribution in [0.5, 0.6) is 0 Å². The lowest BCUT2D eigenvalue weighted by atomic mass is 10.1. The van der Waals surface area contributed by atoms with Gasteiger partial charge in [-0.2, -0.15) is 0 Å². The molecule has 5 rings (SSSR count). The van der Waals surface area contributed by atoms with E-state index in [4.69, 9.17) is 16.9 Å². The van der Waals surface area contributed by atoms with E-state index < -0.39 is 5.91 Å². The SMILES string of the molecule is C#CCNc1nc(Nc2ccc(N3CCOCC3)cc2)c(C(N)=O)nc1-c1cccc2c1ncn2C. The van der Waals surface area contributed by atoms with Crippen molar-refractivity contribution in [2.45, 2.75) is 0 Å². The fourth-order valence-electron chi connectivity index (χ4n) is 4.20. The van der Waals surface area contributed by atoms with E-state index in [2.05, 4.69) is 36.4 Å². The second kappa shape index (κ2) is 9.93. The predicted octanol–water partition coefficient (Wildman–Crippen LogP) is 2.75.